The van der Waals surface area contributed by atoms with Crippen molar-refractivity contribution in [2.75, 3.05) is 25.0 Å². The maximum atomic E-state index is 14.7. The van der Waals surface area contributed by atoms with Crippen molar-refractivity contribution < 1.29 is 14.0 Å². The van der Waals surface area contributed by atoms with Crippen molar-refractivity contribution in [3.05, 3.63) is 57.3 Å². The number of thiophene rings is 1. The minimum absolute atomic E-state index is 0.142. The van der Waals surface area contributed by atoms with Crippen LogP contribution in [0.4, 0.5) is 14.9 Å². The van der Waals surface area contributed by atoms with Gasteiger partial charge in [0.1, 0.15) is 11.4 Å². The van der Waals surface area contributed by atoms with Crippen LogP contribution in [0.1, 0.15) is 21.8 Å². The zero-order valence-electron chi connectivity index (χ0n) is 16.0. The summed E-state index contributed by atoms with van der Waals surface area (Å²) in [4.78, 5) is 28.0. The summed E-state index contributed by atoms with van der Waals surface area (Å²) in [6.07, 6.45) is 2.36. The second-order valence-electron chi connectivity index (χ2n) is 6.79. The number of hydrogen-bond acceptors (Lipinski definition) is 5. The first-order valence-electron chi connectivity index (χ1n) is 9.19. The molecule has 1 fully saturated rings. The molecule has 0 unspecified atom stereocenters. The van der Waals surface area contributed by atoms with Crippen LogP contribution in [0.2, 0.25) is 4.34 Å². The Labute approximate surface area is 180 Å². The van der Waals surface area contributed by atoms with E-state index >= 15 is 0 Å². The highest BCUT2D eigenvalue weighted by Gasteiger charge is 2.24. The third-order valence-corrected chi connectivity index (χ3v) is 5.92. The minimum Gasteiger partial charge on any atom is -0.346 e. The van der Waals surface area contributed by atoms with Gasteiger partial charge in [-0.3, -0.25) is 9.69 Å². The third kappa shape index (κ3) is 4.14. The Hall–Kier alpha value is -2.98. The Bertz CT molecular complexity index is 1100. The molecule has 156 valence electrons. The predicted octanol–water partition coefficient (Wildman–Crippen LogP) is 3.31. The maximum absolute atomic E-state index is 14.7. The second kappa shape index (κ2) is 8.41. The molecule has 8 nitrogen and oxygen atoms in total. The van der Waals surface area contributed by atoms with Gasteiger partial charge in [0.25, 0.3) is 5.91 Å². The molecule has 0 spiro atoms. The highest BCUT2D eigenvalue weighted by molar-refractivity contribution is 7.17. The molecular weight excluding hydrogens is 431 g/mol. The summed E-state index contributed by atoms with van der Waals surface area (Å²) in [6, 6.07) is 7.69. The molecule has 3 aromatic rings. The van der Waals surface area contributed by atoms with E-state index in [1.165, 1.54) is 22.1 Å². The van der Waals surface area contributed by atoms with E-state index in [0.29, 0.717) is 33.7 Å². The highest BCUT2D eigenvalue weighted by atomic mass is 35.5. The second-order valence-corrected chi connectivity index (χ2v) is 8.50. The van der Waals surface area contributed by atoms with Crippen LogP contribution in [0.25, 0.3) is 5.69 Å². The minimum atomic E-state index is -0.526. The quantitative estimate of drug-likeness (QED) is 0.649. The van der Waals surface area contributed by atoms with Gasteiger partial charge in [0.05, 0.1) is 22.0 Å². The van der Waals surface area contributed by atoms with E-state index in [1.807, 2.05) is 0 Å². The fraction of sp³-hybridized carbons (Fsp3) is 0.263. The first-order valence-corrected chi connectivity index (χ1v) is 10.4. The Morgan fingerprint density at radius 3 is 2.87 bits per heavy atom. The molecule has 0 atom stereocenters. The molecule has 0 radical (unpaired) electrons. The van der Waals surface area contributed by atoms with Gasteiger partial charge in [-0.15, -0.1) is 16.4 Å². The first kappa shape index (κ1) is 20.3. The number of anilines is 1. The summed E-state index contributed by atoms with van der Waals surface area (Å²) in [7, 11) is 1.72. The number of hydrogen-bond donors (Lipinski definition) is 1. The van der Waals surface area contributed by atoms with Gasteiger partial charge in [0.2, 0.25) is 0 Å². The molecule has 1 saturated heterocycles. The molecule has 0 saturated carbocycles. The van der Waals surface area contributed by atoms with E-state index in [9.17, 15) is 14.0 Å². The molecule has 1 aliphatic heterocycles. The van der Waals surface area contributed by atoms with E-state index < -0.39 is 5.82 Å². The van der Waals surface area contributed by atoms with Gasteiger partial charge in [0, 0.05) is 25.8 Å². The number of rotatable bonds is 5. The van der Waals surface area contributed by atoms with E-state index in [4.69, 9.17) is 11.6 Å². The van der Waals surface area contributed by atoms with Crippen LogP contribution in [-0.2, 0) is 6.54 Å². The largest absolute Gasteiger partial charge is 0.346 e. The van der Waals surface area contributed by atoms with Gasteiger partial charge in [-0.05, 0) is 36.8 Å². The van der Waals surface area contributed by atoms with Crippen LogP contribution in [-0.4, -0.2) is 52.0 Å². The first-order chi connectivity index (χ1) is 14.4. The fourth-order valence-electron chi connectivity index (χ4n) is 3.14. The monoisotopic (exact) mass is 448 g/mol. The molecule has 1 aromatic carbocycles. The summed E-state index contributed by atoms with van der Waals surface area (Å²) in [5, 5.41) is 10.6. The maximum Gasteiger partial charge on any atom is 0.324 e. The average molecular weight is 449 g/mol. The highest BCUT2D eigenvalue weighted by Crippen LogP contribution is 2.24. The lowest BCUT2D eigenvalue weighted by Gasteiger charge is -2.33. The molecule has 3 amide bonds. The Kier molecular flexibility index (Phi) is 5.69. The summed E-state index contributed by atoms with van der Waals surface area (Å²) in [6.45, 7) is 1.38. The number of amides is 3. The predicted molar refractivity (Wildman–Crippen MR) is 112 cm³/mol. The van der Waals surface area contributed by atoms with Crippen LogP contribution in [0, 0.1) is 5.82 Å². The number of carbonyl (C=O) groups is 2. The number of urea groups is 1. The van der Waals surface area contributed by atoms with Crippen LogP contribution in [0.5, 0.6) is 0 Å². The van der Waals surface area contributed by atoms with Crippen LogP contribution < -0.4 is 10.2 Å². The number of carbonyl (C=O) groups excluding carboxylic acids is 2. The Morgan fingerprint density at radius 2 is 2.13 bits per heavy atom. The van der Waals surface area contributed by atoms with Gasteiger partial charge in [-0.1, -0.05) is 16.8 Å². The van der Waals surface area contributed by atoms with Crippen LogP contribution in [0.3, 0.4) is 0 Å². The third-order valence-electron chi connectivity index (χ3n) is 4.69. The van der Waals surface area contributed by atoms with Gasteiger partial charge in [-0.2, -0.15) is 0 Å². The van der Waals surface area contributed by atoms with E-state index in [-0.39, 0.29) is 24.2 Å². The van der Waals surface area contributed by atoms with Crippen LogP contribution in [0.15, 0.2) is 36.5 Å². The Morgan fingerprint density at radius 1 is 1.30 bits per heavy atom. The number of benzene rings is 1. The topological polar surface area (TPSA) is 83.4 Å². The zero-order chi connectivity index (χ0) is 21.3. The normalized spacial score (nSPS) is 14.3. The molecule has 4 rings (SSSR count). The average Bonchev–Trinajstić information content (AvgIpc) is 3.37. The standard InChI is InChI=1S/C19H18ClFN6O2S/c1-25-7-2-8-26(19(25)29)13-3-4-15(14(21)9-13)27-11-12(23-24-27)10-22-18(28)16-5-6-17(20)30-16/h3-6,9,11H,2,7-8,10H2,1H3,(H,22,28). The van der Waals surface area contributed by atoms with Crippen molar-refractivity contribution >= 4 is 40.6 Å². The fourth-order valence-corrected chi connectivity index (χ4v) is 4.10. The summed E-state index contributed by atoms with van der Waals surface area (Å²) in [5.41, 5.74) is 1.17. The van der Waals surface area contributed by atoms with Gasteiger partial charge in [0.15, 0.2) is 5.82 Å². The molecule has 1 aliphatic rings. The zero-order valence-corrected chi connectivity index (χ0v) is 17.6. The van der Waals surface area contributed by atoms with E-state index in [0.717, 1.165) is 6.42 Å². The summed E-state index contributed by atoms with van der Waals surface area (Å²) < 4.78 is 16.6. The molecule has 11 heteroatoms. The Balaban J connectivity index is 1.45. The molecule has 0 aliphatic carbocycles. The molecule has 30 heavy (non-hydrogen) atoms. The molecular formula is C19H18ClFN6O2S. The molecule has 1 N–H and O–H groups in total. The molecule has 0 bridgehead atoms. The van der Waals surface area contributed by atoms with Crippen molar-refractivity contribution in [2.45, 2.75) is 13.0 Å². The van der Waals surface area contributed by atoms with Crippen molar-refractivity contribution in [1.29, 1.82) is 0 Å². The van der Waals surface area contributed by atoms with Crippen molar-refractivity contribution in [1.82, 2.24) is 25.2 Å². The van der Waals surface area contributed by atoms with Crippen molar-refractivity contribution in [3.63, 3.8) is 0 Å². The van der Waals surface area contributed by atoms with Crippen molar-refractivity contribution in [2.24, 2.45) is 0 Å². The van der Waals surface area contributed by atoms with E-state index in [2.05, 4.69) is 15.6 Å². The number of nitrogens with zero attached hydrogens (tertiary/aromatic N) is 5. The summed E-state index contributed by atoms with van der Waals surface area (Å²) >= 11 is 7.02. The SMILES string of the molecule is CN1CCCN(c2ccc(-n3cc(CNC(=O)c4ccc(Cl)s4)nn3)c(F)c2)C1=O. The summed E-state index contributed by atoms with van der Waals surface area (Å²) in [5.74, 6) is -0.796. The number of nitrogens with one attached hydrogen (secondary N) is 1. The smallest absolute Gasteiger partial charge is 0.324 e. The number of aromatic nitrogens is 3. The number of halogens is 2. The van der Waals surface area contributed by atoms with Crippen molar-refractivity contribution in [3.8, 4) is 5.69 Å². The lowest BCUT2D eigenvalue weighted by Crippen LogP contribution is -2.47. The van der Waals surface area contributed by atoms with Gasteiger partial charge >= 0.3 is 6.03 Å². The molecule has 2 aromatic heterocycles. The van der Waals surface area contributed by atoms with Gasteiger partial charge < -0.3 is 10.2 Å². The van der Waals surface area contributed by atoms with Gasteiger partial charge in [-0.25, -0.2) is 13.9 Å². The molecule has 3 heterocycles. The van der Waals surface area contributed by atoms with E-state index in [1.54, 1.807) is 47.3 Å². The van der Waals surface area contributed by atoms with Crippen LogP contribution >= 0.6 is 22.9 Å². The lowest BCUT2D eigenvalue weighted by atomic mass is 10.2. The lowest BCUT2D eigenvalue weighted by molar-refractivity contribution is 0.0954.